The minimum atomic E-state index is -3.41. The van der Waals surface area contributed by atoms with Gasteiger partial charge < -0.3 is 10.0 Å². The van der Waals surface area contributed by atoms with Gasteiger partial charge in [0.05, 0.1) is 11.5 Å². The zero-order valence-electron chi connectivity index (χ0n) is 9.92. The number of sulfone groups is 1. The number of nitrogens with zero attached hydrogens (tertiary/aromatic N) is 1. The molecular weight excluding hydrogens is 246 g/mol. The van der Waals surface area contributed by atoms with E-state index in [1.165, 1.54) is 0 Å². The highest BCUT2D eigenvalue weighted by atomic mass is 32.2. The summed E-state index contributed by atoms with van der Waals surface area (Å²) in [5.41, 5.74) is -1.60. The van der Waals surface area contributed by atoms with Crippen molar-refractivity contribution in [3.05, 3.63) is 0 Å². The van der Waals surface area contributed by atoms with Crippen LogP contribution in [0.3, 0.4) is 0 Å². The van der Waals surface area contributed by atoms with Crippen LogP contribution in [-0.4, -0.2) is 53.9 Å². The van der Waals surface area contributed by atoms with E-state index in [-0.39, 0.29) is 24.6 Å². The molecule has 0 aliphatic carbocycles. The Bertz CT molecular complexity index is 416. The van der Waals surface area contributed by atoms with Gasteiger partial charge >= 0.3 is 5.97 Å². The summed E-state index contributed by atoms with van der Waals surface area (Å²) in [4.78, 5) is 23.5. The molecule has 0 radical (unpaired) electrons. The number of carbonyl (C=O) groups is 2. The minimum absolute atomic E-state index is 0.00712. The van der Waals surface area contributed by atoms with Crippen molar-refractivity contribution < 1.29 is 23.1 Å². The number of carbonyl (C=O) groups excluding carboxylic acids is 1. The molecule has 0 aromatic rings. The van der Waals surface area contributed by atoms with E-state index < -0.39 is 27.1 Å². The fourth-order valence-electron chi connectivity index (χ4n) is 2.29. The average molecular weight is 263 g/mol. The van der Waals surface area contributed by atoms with Crippen LogP contribution < -0.4 is 0 Å². The standard InChI is InChI=1S/C10H17NO5S/c1-8(2)11(7-12)10(9(13)14)4-3-5-17(15,16)6-10/h7-8H,3-6H2,1-2H3,(H,13,14). The van der Waals surface area contributed by atoms with Crippen molar-refractivity contribution in [2.45, 2.75) is 38.3 Å². The van der Waals surface area contributed by atoms with Crippen LogP contribution in [0.25, 0.3) is 0 Å². The number of hydrogen-bond acceptors (Lipinski definition) is 4. The zero-order chi connectivity index (χ0) is 13.3. The number of carboxylic acid groups (broad SMARTS) is 1. The molecule has 1 aliphatic heterocycles. The molecule has 0 aromatic carbocycles. The molecule has 0 aromatic heterocycles. The molecule has 1 heterocycles. The highest BCUT2D eigenvalue weighted by Gasteiger charge is 2.50. The molecule has 0 bridgehead atoms. The third kappa shape index (κ3) is 2.59. The van der Waals surface area contributed by atoms with Crippen molar-refractivity contribution in [1.29, 1.82) is 0 Å². The first kappa shape index (κ1) is 14.0. The van der Waals surface area contributed by atoms with Gasteiger partial charge in [-0.2, -0.15) is 0 Å². The van der Waals surface area contributed by atoms with E-state index in [4.69, 9.17) is 0 Å². The van der Waals surface area contributed by atoms with Crippen molar-refractivity contribution in [2.75, 3.05) is 11.5 Å². The average Bonchev–Trinajstić information content (AvgIpc) is 2.15. The van der Waals surface area contributed by atoms with E-state index in [9.17, 15) is 23.1 Å². The second-order valence-electron chi connectivity index (χ2n) is 4.64. The summed E-state index contributed by atoms with van der Waals surface area (Å²) in [6.07, 6.45) is 0.879. The molecule has 1 rings (SSSR count). The molecule has 6 nitrogen and oxygen atoms in total. The van der Waals surface area contributed by atoms with E-state index >= 15 is 0 Å². The van der Waals surface area contributed by atoms with E-state index in [1.54, 1.807) is 13.8 Å². The van der Waals surface area contributed by atoms with Crippen LogP contribution in [0.1, 0.15) is 26.7 Å². The highest BCUT2D eigenvalue weighted by molar-refractivity contribution is 7.91. The Morgan fingerprint density at radius 2 is 2.06 bits per heavy atom. The molecule has 0 spiro atoms. The van der Waals surface area contributed by atoms with Crippen LogP contribution in [0.5, 0.6) is 0 Å². The second kappa shape index (κ2) is 4.64. The lowest BCUT2D eigenvalue weighted by atomic mass is 9.92. The number of rotatable bonds is 4. The van der Waals surface area contributed by atoms with Gasteiger partial charge in [0, 0.05) is 6.04 Å². The summed E-state index contributed by atoms with van der Waals surface area (Å²) >= 11 is 0. The zero-order valence-corrected chi connectivity index (χ0v) is 10.7. The van der Waals surface area contributed by atoms with Crippen LogP contribution in [0, 0.1) is 0 Å². The molecule has 1 aliphatic rings. The second-order valence-corrected chi connectivity index (χ2v) is 6.82. The molecule has 1 unspecified atom stereocenters. The van der Waals surface area contributed by atoms with Crippen LogP contribution in [-0.2, 0) is 19.4 Å². The molecule has 1 amide bonds. The van der Waals surface area contributed by atoms with E-state index in [0.717, 1.165) is 4.90 Å². The summed E-state index contributed by atoms with van der Waals surface area (Å²) < 4.78 is 23.2. The Morgan fingerprint density at radius 3 is 2.41 bits per heavy atom. The Hall–Kier alpha value is -1.11. The van der Waals surface area contributed by atoms with Crippen molar-refractivity contribution in [1.82, 2.24) is 4.90 Å². The number of hydrogen-bond donors (Lipinski definition) is 1. The van der Waals surface area contributed by atoms with E-state index in [2.05, 4.69) is 0 Å². The van der Waals surface area contributed by atoms with Crippen LogP contribution >= 0.6 is 0 Å². The maximum atomic E-state index is 11.6. The first-order valence-corrected chi connectivity index (χ1v) is 7.25. The third-order valence-corrected chi connectivity index (χ3v) is 4.89. The molecule has 98 valence electrons. The van der Waals surface area contributed by atoms with Gasteiger partial charge in [-0.1, -0.05) is 0 Å². The molecular formula is C10H17NO5S. The van der Waals surface area contributed by atoms with Gasteiger partial charge in [-0.15, -0.1) is 0 Å². The van der Waals surface area contributed by atoms with E-state index in [0.29, 0.717) is 6.41 Å². The Kier molecular flexibility index (Phi) is 3.81. The van der Waals surface area contributed by atoms with E-state index in [1.807, 2.05) is 0 Å². The highest BCUT2D eigenvalue weighted by Crippen LogP contribution is 2.30. The Labute approximate surface area is 101 Å². The fraction of sp³-hybridized carbons (Fsp3) is 0.800. The monoisotopic (exact) mass is 263 g/mol. The first-order valence-electron chi connectivity index (χ1n) is 5.43. The van der Waals surface area contributed by atoms with Gasteiger partial charge in [0.1, 0.15) is 0 Å². The summed E-state index contributed by atoms with van der Waals surface area (Å²) in [5.74, 6) is -1.75. The maximum absolute atomic E-state index is 11.6. The Morgan fingerprint density at radius 1 is 1.47 bits per heavy atom. The van der Waals surface area contributed by atoms with Gasteiger partial charge in [-0.05, 0) is 26.7 Å². The summed E-state index contributed by atoms with van der Waals surface area (Å²) in [6.45, 7) is 3.33. The van der Waals surface area contributed by atoms with Crippen LogP contribution in [0.2, 0.25) is 0 Å². The molecule has 1 atom stereocenters. The molecule has 7 heteroatoms. The van der Waals surface area contributed by atoms with Gasteiger partial charge in [0.25, 0.3) is 0 Å². The normalized spacial score (nSPS) is 27.7. The lowest BCUT2D eigenvalue weighted by Gasteiger charge is -2.42. The molecule has 0 saturated carbocycles. The maximum Gasteiger partial charge on any atom is 0.330 e. The number of aliphatic carboxylic acids is 1. The smallest absolute Gasteiger partial charge is 0.330 e. The SMILES string of the molecule is CC(C)N(C=O)C1(C(=O)O)CCCS(=O)(=O)C1. The topological polar surface area (TPSA) is 91.8 Å². The summed E-state index contributed by atoms with van der Waals surface area (Å²) in [7, 11) is -3.41. The van der Waals surface area contributed by atoms with Gasteiger partial charge in [-0.3, -0.25) is 4.79 Å². The van der Waals surface area contributed by atoms with Crippen molar-refractivity contribution >= 4 is 22.2 Å². The number of carboxylic acids is 1. The third-order valence-electron chi connectivity index (χ3n) is 3.07. The van der Waals surface area contributed by atoms with Crippen LogP contribution in [0.15, 0.2) is 0 Å². The fourth-order valence-corrected chi connectivity index (χ4v) is 4.17. The Balaban J connectivity index is 3.22. The molecule has 17 heavy (non-hydrogen) atoms. The predicted molar refractivity (Wildman–Crippen MR) is 61.3 cm³/mol. The largest absolute Gasteiger partial charge is 0.479 e. The van der Waals surface area contributed by atoms with Crippen LogP contribution in [0.4, 0.5) is 0 Å². The van der Waals surface area contributed by atoms with Gasteiger partial charge in [0.15, 0.2) is 15.4 Å². The molecule has 1 fully saturated rings. The molecule has 1 N–H and O–H groups in total. The molecule has 1 saturated heterocycles. The van der Waals surface area contributed by atoms with Gasteiger partial charge in [0.2, 0.25) is 6.41 Å². The van der Waals surface area contributed by atoms with Gasteiger partial charge in [-0.25, -0.2) is 13.2 Å². The summed E-state index contributed by atoms with van der Waals surface area (Å²) in [6, 6.07) is -0.350. The first-order chi connectivity index (χ1) is 7.75. The minimum Gasteiger partial charge on any atom is -0.479 e. The van der Waals surface area contributed by atoms with Crippen molar-refractivity contribution in [2.24, 2.45) is 0 Å². The predicted octanol–water partition coefficient (Wildman–Crippen LogP) is -0.115. The lowest BCUT2D eigenvalue weighted by molar-refractivity contribution is -0.156. The summed E-state index contributed by atoms with van der Waals surface area (Å²) in [5, 5.41) is 9.31. The number of amides is 1. The quantitative estimate of drug-likeness (QED) is 0.714. The lowest BCUT2D eigenvalue weighted by Crippen LogP contribution is -2.62. The van der Waals surface area contributed by atoms with Crippen molar-refractivity contribution in [3.8, 4) is 0 Å². The van der Waals surface area contributed by atoms with Crippen molar-refractivity contribution in [3.63, 3.8) is 0 Å².